The summed E-state index contributed by atoms with van der Waals surface area (Å²) in [6.07, 6.45) is 4.13. The molecule has 1 aromatic rings. The minimum atomic E-state index is -0.0206. The molecule has 1 spiro atoms. The summed E-state index contributed by atoms with van der Waals surface area (Å²) in [5, 5.41) is 3.10. The van der Waals surface area contributed by atoms with Crippen LogP contribution in [0.2, 0.25) is 0 Å². The lowest BCUT2D eigenvalue weighted by atomic mass is 9.91. The lowest BCUT2D eigenvalue weighted by Crippen LogP contribution is -2.39. The summed E-state index contributed by atoms with van der Waals surface area (Å²) < 4.78 is 11.8. The highest BCUT2D eigenvalue weighted by molar-refractivity contribution is 6.00. The molecule has 2 heterocycles. The number of nitrogens with one attached hydrogen (secondary N) is 1. The first-order chi connectivity index (χ1) is 12.4. The van der Waals surface area contributed by atoms with E-state index in [0.29, 0.717) is 12.6 Å². The van der Waals surface area contributed by atoms with Crippen LogP contribution in [0.4, 0.5) is 5.69 Å². The number of nitrogens with zero attached hydrogens (tertiary/aromatic N) is 1. The second kappa shape index (κ2) is 7.97. The predicted molar refractivity (Wildman–Crippen MR) is 104 cm³/mol. The lowest BCUT2D eigenvalue weighted by molar-refractivity contribution is -0.102. The van der Waals surface area contributed by atoms with E-state index in [9.17, 15) is 4.79 Å². The van der Waals surface area contributed by atoms with Gasteiger partial charge in [-0.05, 0) is 58.6 Å². The van der Waals surface area contributed by atoms with E-state index < -0.39 is 0 Å². The monoisotopic (exact) mass is 360 g/mol. The molecule has 5 heteroatoms. The lowest BCUT2D eigenvalue weighted by Gasteiger charge is -2.33. The minimum Gasteiger partial charge on any atom is -0.381 e. The van der Waals surface area contributed by atoms with E-state index in [1.54, 1.807) is 0 Å². The van der Waals surface area contributed by atoms with Crippen molar-refractivity contribution in [2.75, 3.05) is 31.7 Å². The van der Waals surface area contributed by atoms with Gasteiger partial charge in [0.05, 0.1) is 17.3 Å². The van der Waals surface area contributed by atoms with Gasteiger partial charge in [-0.3, -0.25) is 4.79 Å². The van der Waals surface area contributed by atoms with Crippen molar-refractivity contribution in [1.82, 2.24) is 5.32 Å². The number of anilines is 1. The van der Waals surface area contributed by atoms with Crippen molar-refractivity contribution >= 4 is 11.6 Å². The van der Waals surface area contributed by atoms with E-state index in [1.165, 1.54) is 0 Å². The van der Waals surface area contributed by atoms with Gasteiger partial charge in [0.1, 0.15) is 0 Å². The van der Waals surface area contributed by atoms with Crippen molar-refractivity contribution in [3.8, 4) is 0 Å². The van der Waals surface area contributed by atoms with Gasteiger partial charge >= 0.3 is 0 Å². The molecule has 1 N–H and O–H groups in total. The van der Waals surface area contributed by atoms with Crippen molar-refractivity contribution in [2.45, 2.75) is 64.2 Å². The standard InChI is InChI=1S/C21H32N2O3/c1-15(2)23(4)19-6-5-16(3)13-18(19)20(24)22-14-17-7-8-21(26-17)9-11-25-12-10-21/h5-6,13,15,17H,7-12,14H2,1-4H3,(H,22,24)/t17-/m1/s1. The molecule has 144 valence electrons. The molecule has 3 rings (SSSR count). The Balaban J connectivity index is 1.63. The zero-order valence-corrected chi connectivity index (χ0v) is 16.5. The normalized spacial score (nSPS) is 22.0. The van der Waals surface area contributed by atoms with Crippen LogP contribution in [-0.4, -0.2) is 50.5 Å². The Hall–Kier alpha value is -1.59. The van der Waals surface area contributed by atoms with Gasteiger partial charge in [-0.15, -0.1) is 0 Å². The van der Waals surface area contributed by atoms with Crippen LogP contribution in [0, 0.1) is 6.92 Å². The maximum atomic E-state index is 12.9. The van der Waals surface area contributed by atoms with Gasteiger partial charge in [-0.2, -0.15) is 0 Å². The molecule has 1 atom stereocenters. The molecule has 1 aromatic carbocycles. The van der Waals surface area contributed by atoms with Gasteiger partial charge in [-0.25, -0.2) is 0 Å². The second-order valence-electron chi connectivity index (χ2n) is 8.01. The van der Waals surface area contributed by atoms with Crippen molar-refractivity contribution < 1.29 is 14.3 Å². The highest BCUT2D eigenvalue weighted by atomic mass is 16.5. The van der Waals surface area contributed by atoms with Gasteiger partial charge in [0.25, 0.3) is 5.91 Å². The fraction of sp³-hybridized carbons (Fsp3) is 0.667. The molecule has 2 fully saturated rings. The number of hydrogen-bond acceptors (Lipinski definition) is 4. The molecule has 26 heavy (non-hydrogen) atoms. The molecule has 0 aliphatic carbocycles. The number of aryl methyl sites for hydroxylation is 1. The van der Waals surface area contributed by atoms with E-state index in [4.69, 9.17) is 9.47 Å². The van der Waals surface area contributed by atoms with E-state index in [0.717, 1.165) is 55.7 Å². The molecule has 2 aliphatic heterocycles. The summed E-state index contributed by atoms with van der Waals surface area (Å²) >= 11 is 0. The Kier molecular flexibility index (Phi) is 5.88. The average Bonchev–Trinajstić information content (AvgIpc) is 3.02. The van der Waals surface area contributed by atoms with Crippen LogP contribution in [0.15, 0.2) is 18.2 Å². The third-order valence-corrected chi connectivity index (χ3v) is 5.78. The van der Waals surface area contributed by atoms with Crippen LogP contribution in [-0.2, 0) is 9.47 Å². The third kappa shape index (κ3) is 4.21. The van der Waals surface area contributed by atoms with Crippen molar-refractivity contribution in [3.63, 3.8) is 0 Å². The zero-order valence-electron chi connectivity index (χ0n) is 16.5. The summed E-state index contributed by atoms with van der Waals surface area (Å²) in [7, 11) is 2.03. The van der Waals surface area contributed by atoms with Crippen LogP contribution in [0.1, 0.15) is 55.5 Å². The average molecular weight is 360 g/mol. The zero-order chi connectivity index (χ0) is 18.7. The maximum Gasteiger partial charge on any atom is 0.253 e. The van der Waals surface area contributed by atoms with Crippen LogP contribution in [0.3, 0.4) is 0 Å². The Morgan fingerprint density at radius 2 is 2.04 bits per heavy atom. The van der Waals surface area contributed by atoms with Gasteiger partial charge in [0.2, 0.25) is 0 Å². The maximum absolute atomic E-state index is 12.9. The summed E-state index contributed by atoms with van der Waals surface area (Å²) in [4.78, 5) is 15.0. The topological polar surface area (TPSA) is 50.8 Å². The fourth-order valence-corrected chi connectivity index (χ4v) is 3.87. The van der Waals surface area contributed by atoms with Gasteiger partial charge < -0.3 is 19.7 Å². The van der Waals surface area contributed by atoms with Crippen LogP contribution >= 0.6 is 0 Å². The first kappa shape index (κ1) is 19.2. The van der Waals surface area contributed by atoms with E-state index in [2.05, 4.69) is 30.1 Å². The number of carbonyl (C=O) groups is 1. The summed E-state index contributed by atoms with van der Waals surface area (Å²) in [6, 6.07) is 6.39. The third-order valence-electron chi connectivity index (χ3n) is 5.78. The first-order valence-corrected chi connectivity index (χ1v) is 9.77. The van der Waals surface area contributed by atoms with E-state index in [1.807, 2.05) is 26.1 Å². The number of ether oxygens (including phenoxy) is 2. The van der Waals surface area contributed by atoms with Gasteiger partial charge in [-0.1, -0.05) is 11.6 Å². The Morgan fingerprint density at radius 3 is 2.73 bits per heavy atom. The van der Waals surface area contributed by atoms with Gasteiger partial charge in [0.15, 0.2) is 0 Å². The van der Waals surface area contributed by atoms with Crippen molar-refractivity contribution in [2.24, 2.45) is 0 Å². The molecule has 1 amide bonds. The smallest absolute Gasteiger partial charge is 0.253 e. The van der Waals surface area contributed by atoms with E-state index in [-0.39, 0.29) is 17.6 Å². The number of hydrogen-bond donors (Lipinski definition) is 1. The minimum absolute atomic E-state index is 0.0139. The number of carbonyl (C=O) groups excluding carboxylic acids is 1. The Bertz CT molecular complexity index is 638. The van der Waals surface area contributed by atoms with Crippen LogP contribution in [0.25, 0.3) is 0 Å². The predicted octanol–water partition coefficient (Wildman–Crippen LogP) is 3.30. The summed E-state index contributed by atoms with van der Waals surface area (Å²) in [6.45, 7) is 8.41. The molecule has 2 saturated heterocycles. The van der Waals surface area contributed by atoms with Gasteiger partial charge in [0, 0.05) is 38.5 Å². The van der Waals surface area contributed by atoms with Crippen LogP contribution in [0.5, 0.6) is 0 Å². The Labute approximate surface area is 157 Å². The molecule has 5 nitrogen and oxygen atoms in total. The molecular formula is C21H32N2O3. The molecule has 2 aliphatic rings. The van der Waals surface area contributed by atoms with Crippen molar-refractivity contribution in [3.05, 3.63) is 29.3 Å². The molecular weight excluding hydrogens is 328 g/mol. The first-order valence-electron chi connectivity index (χ1n) is 9.77. The Morgan fingerprint density at radius 1 is 1.31 bits per heavy atom. The number of rotatable bonds is 5. The highest BCUT2D eigenvalue weighted by Crippen LogP contribution is 2.38. The summed E-state index contributed by atoms with van der Waals surface area (Å²) in [5.74, 6) is -0.0206. The second-order valence-corrected chi connectivity index (χ2v) is 8.01. The van der Waals surface area contributed by atoms with E-state index >= 15 is 0 Å². The molecule has 0 bridgehead atoms. The SMILES string of the molecule is Cc1ccc(N(C)C(C)C)c(C(=O)NC[C@H]2CCC3(CCOCC3)O2)c1. The van der Waals surface area contributed by atoms with Crippen molar-refractivity contribution in [1.29, 1.82) is 0 Å². The molecule has 0 saturated carbocycles. The molecule has 0 aromatic heterocycles. The molecule has 0 unspecified atom stereocenters. The fourth-order valence-electron chi connectivity index (χ4n) is 3.87. The molecule has 0 radical (unpaired) electrons. The van der Waals surface area contributed by atoms with Crippen LogP contribution < -0.4 is 10.2 Å². The summed E-state index contributed by atoms with van der Waals surface area (Å²) in [5.41, 5.74) is 2.78. The number of benzene rings is 1. The number of amides is 1. The largest absolute Gasteiger partial charge is 0.381 e. The highest BCUT2D eigenvalue weighted by Gasteiger charge is 2.41. The quantitative estimate of drug-likeness (QED) is 0.875.